The number of aryl methyl sites for hydroxylation is 1. The van der Waals surface area contributed by atoms with E-state index in [4.69, 9.17) is 11.6 Å². The van der Waals surface area contributed by atoms with Gasteiger partial charge in [0.15, 0.2) is 0 Å². The maximum Gasteiger partial charge on any atom is 0.227 e. The lowest BCUT2D eigenvalue weighted by Crippen LogP contribution is -2.19. The van der Waals surface area contributed by atoms with Crippen LogP contribution in [0.1, 0.15) is 43.2 Å². The average molecular weight is 384 g/mol. The third-order valence-electron chi connectivity index (χ3n) is 4.91. The fourth-order valence-electron chi connectivity index (χ4n) is 3.28. The van der Waals surface area contributed by atoms with Crippen molar-refractivity contribution in [1.82, 2.24) is 4.57 Å². The molecule has 1 aliphatic carbocycles. The number of alkyl halides is 1. The minimum Gasteiger partial charge on any atom is -0.387 e. The molecule has 27 heavy (non-hydrogen) atoms. The van der Waals surface area contributed by atoms with E-state index in [1.165, 1.54) is 18.3 Å². The van der Waals surface area contributed by atoms with Crippen LogP contribution in [0.5, 0.6) is 0 Å². The van der Waals surface area contributed by atoms with Gasteiger partial charge in [0.2, 0.25) is 10.9 Å². The molecule has 2 unspecified atom stereocenters. The van der Waals surface area contributed by atoms with Crippen molar-refractivity contribution >= 4 is 17.2 Å². The molecule has 0 aliphatic heterocycles. The molecular formula is C22H22ClNO3. The van der Waals surface area contributed by atoms with E-state index in [1.54, 1.807) is 11.5 Å². The fourth-order valence-corrected chi connectivity index (χ4v) is 3.50. The Bertz CT molecular complexity index is 1060. The maximum atomic E-state index is 11.9. The first kappa shape index (κ1) is 19.3. The second-order valence-corrected chi connectivity index (χ2v) is 7.39. The summed E-state index contributed by atoms with van der Waals surface area (Å²) in [5.74, 6) is 0. The van der Waals surface area contributed by atoms with Gasteiger partial charge in [-0.05, 0) is 61.6 Å². The van der Waals surface area contributed by atoms with E-state index in [1.807, 2.05) is 32.0 Å². The number of hydrogen-bond donors (Lipinski definition) is 1. The predicted octanol–water partition coefficient (Wildman–Crippen LogP) is 3.90. The molecule has 4 nitrogen and oxygen atoms in total. The molecule has 2 atom stereocenters. The molecule has 0 amide bonds. The van der Waals surface area contributed by atoms with Gasteiger partial charge >= 0.3 is 0 Å². The summed E-state index contributed by atoms with van der Waals surface area (Å²) in [6.45, 7) is 5.63. The molecule has 0 fully saturated rings. The minimum atomic E-state index is -0.906. The molecule has 0 radical (unpaired) electrons. The second-order valence-electron chi connectivity index (χ2n) is 6.86. The van der Waals surface area contributed by atoms with Crippen molar-refractivity contribution in [3.8, 4) is 5.69 Å². The van der Waals surface area contributed by atoms with E-state index in [9.17, 15) is 14.7 Å². The van der Waals surface area contributed by atoms with E-state index in [0.29, 0.717) is 5.69 Å². The van der Waals surface area contributed by atoms with E-state index < -0.39 is 17.0 Å². The summed E-state index contributed by atoms with van der Waals surface area (Å²) in [4.78, 5) is 23.7. The van der Waals surface area contributed by atoms with Crippen LogP contribution in [0.3, 0.4) is 0 Å². The Morgan fingerprint density at radius 1 is 1.15 bits per heavy atom. The SMILES string of the molecule is CC1=C(c2cc(-n3ccc(=O)c(=O)cc3C(C)O)ccc2C)C=CCC1Cl. The van der Waals surface area contributed by atoms with E-state index in [0.717, 1.165) is 34.4 Å². The zero-order valence-electron chi connectivity index (χ0n) is 15.6. The van der Waals surface area contributed by atoms with Crippen LogP contribution in [0.4, 0.5) is 0 Å². The van der Waals surface area contributed by atoms with Gasteiger partial charge in [-0.15, -0.1) is 11.6 Å². The number of aliphatic hydroxyl groups is 1. The normalized spacial score (nSPS) is 17.9. The summed E-state index contributed by atoms with van der Waals surface area (Å²) in [6.07, 6.45) is 5.58. The monoisotopic (exact) mass is 383 g/mol. The van der Waals surface area contributed by atoms with E-state index in [2.05, 4.69) is 12.2 Å². The number of allylic oxidation sites excluding steroid dienone is 4. The largest absolute Gasteiger partial charge is 0.387 e. The van der Waals surface area contributed by atoms with Crippen LogP contribution < -0.4 is 10.9 Å². The number of halogens is 1. The van der Waals surface area contributed by atoms with Crippen molar-refractivity contribution in [2.24, 2.45) is 0 Å². The zero-order valence-corrected chi connectivity index (χ0v) is 16.3. The van der Waals surface area contributed by atoms with E-state index in [-0.39, 0.29) is 5.38 Å². The summed E-state index contributed by atoms with van der Waals surface area (Å²) >= 11 is 6.42. The Morgan fingerprint density at radius 2 is 1.89 bits per heavy atom. The molecule has 3 rings (SSSR count). The predicted molar refractivity (Wildman–Crippen MR) is 110 cm³/mol. The highest BCUT2D eigenvalue weighted by Crippen LogP contribution is 2.33. The first-order chi connectivity index (χ1) is 12.8. The highest BCUT2D eigenvalue weighted by molar-refractivity contribution is 6.23. The zero-order chi connectivity index (χ0) is 19.7. The van der Waals surface area contributed by atoms with Crippen molar-refractivity contribution < 1.29 is 5.11 Å². The second kappa shape index (κ2) is 7.67. The molecule has 2 aromatic rings. The van der Waals surface area contributed by atoms with Crippen LogP contribution in [0.25, 0.3) is 11.3 Å². The Kier molecular flexibility index (Phi) is 5.49. The topological polar surface area (TPSA) is 59.3 Å². The number of benzene rings is 1. The van der Waals surface area contributed by atoms with Gasteiger partial charge in [-0.25, -0.2) is 0 Å². The average Bonchev–Trinajstić information content (AvgIpc) is 2.78. The first-order valence-corrected chi connectivity index (χ1v) is 9.31. The molecule has 1 N–H and O–H groups in total. The molecule has 0 saturated heterocycles. The lowest BCUT2D eigenvalue weighted by Gasteiger charge is -2.21. The standard InChI is InChI=1S/C22H22ClNO3/c1-13-7-8-16(11-18(13)17-5-4-6-19(23)14(17)2)24-10-9-21(26)22(27)12-20(24)15(3)25/h4-5,7-12,15,19,25H,6H2,1-3H3. The van der Waals surface area contributed by atoms with Gasteiger partial charge in [0.05, 0.1) is 17.2 Å². The van der Waals surface area contributed by atoms with Crippen LogP contribution in [-0.4, -0.2) is 15.1 Å². The molecule has 1 aromatic heterocycles. The molecule has 140 valence electrons. The van der Waals surface area contributed by atoms with Gasteiger partial charge in [0.1, 0.15) is 0 Å². The van der Waals surface area contributed by atoms with Crippen LogP contribution in [0.15, 0.2) is 63.8 Å². The Labute approximate surface area is 163 Å². The Balaban J connectivity index is 2.26. The molecule has 1 aliphatic rings. The van der Waals surface area contributed by atoms with Crippen LogP contribution in [-0.2, 0) is 0 Å². The van der Waals surface area contributed by atoms with Crippen molar-refractivity contribution in [1.29, 1.82) is 0 Å². The highest BCUT2D eigenvalue weighted by Gasteiger charge is 2.17. The summed E-state index contributed by atoms with van der Waals surface area (Å²) in [5, 5.41) is 10.1. The smallest absolute Gasteiger partial charge is 0.227 e. The van der Waals surface area contributed by atoms with Gasteiger partial charge in [-0.3, -0.25) is 9.59 Å². The molecule has 0 spiro atoms. The summed E-state index contributed by atoms with van der Waals surface area (Å²) in [7, 11) is 0. The number of nitrogens with zero attached hydrogens (tertiary/aromatic N) is 1. The van der Waals surface area contributed by atoms with Crippen LogP contribution >= 0.6 is 11.6 Å². The minimum absolute atomic E-state index is 0.0331. The molecule has 0 saturated carbocycles. The van der Waals surface area contributed by atoms with Crippen LogP contribution in [0, 0.1) is 6.92 Å². The number of aliphatic hydroxyl groups excluding tert-OH is 1. The third-order valence-corrected chi connectivity index (χ3v) is 5.42. The Hall–Kier alpha value is -2.43. The molecule has 5 heteroatoms. The molecular weight excluding hydrogens is 362 g/mol. The first-order valence-electron chi connectivity index (χ1n) is 8.87. The maximum absolute atomic E-state index is 11.9. The van der Waals surface area contributed by atoms with Gasteiger partial charge in [-0.2, -0.15) is 0 Å². The van der Waals surface area contributed by atoms with Gasteiger partial charge < -0.3 is 9.67 Å². The molecule has 1 heterocycles. The molecule has 1 aromatic carbocycles. The number of rotatable bonds is 3. The number of hydrogen-bond acceptors (Lipinski definition) is 3. The Morgan fingerprint density at radius 3 is 2.59 bits per heavy atom. The van der Waals surface area contributed by atoms with Gasteiger partial charge in [0, 0.05) is 24.0 Å². The fraction of sp³-hybridized carbons (Fsp3) is 0.273. The van der Waals surface area contributed by atoms with Crippen molar-refractivity contribution in [2.45, 2.75) is 38.7 Å². The lowest BCUT2D eigenvalue weighted by molar-refractivity contribution is 0.191. The third kappa shape index (κ3) is 3.82. The highest BCUT2D eigenvalue weighted by atomic mass is 35.5. The summed E-state index contributed by atoms with van der Waals surface area (Å²) < 4.78 is 1.68. The van der Waals surface area contributed by atoms with Crippen LogP contribution in [0.2, 0.25) is 0 Å². The molecule has 0 bridgehead atoms. The van der Waals surface area contributed by atoms with Crippen molar-refractivity contribution in [3.63, 3.8) is 0 Å². The quantitative estimate of drug-likeness (QED) is 0.646. The summed E-state index contributed by atoms with van der Waals surface area (Å²) in [5.41, 5.74) is 4.18. The number of aromatic nitrogens is 1. The van der Waals surface area contributed by atoms with Gasteiger partial charge in [-0.1, -0.05) is 18.2 Å². The van der Waals surface area contributed by atoms with Gasteiger partial charge in [0.25, 0.3) is 0 Å². The lowest BCUT2D eigenvalue weighted by atomic mass is 9.90. The summed E-state index contributed by atoms with van der Waals surface area (Å²) in [6, 6.07) is 8.31. The van der Waals surface area contributed by atoms with Crippen molar-refractivity contribution in [3.05, 3.63) is 91.5 Å². The van der Waals surface area contributed by atoms with Crippen molar-refractivity contribution in [2.75, 3.05) is 0 Å². The van der Waals surface area contributed by atoms with E-state index >= 15 is 0 Å².